The van der Waals surface area contributed by atoms with Crippen LogP contribution in [0.1, 0.15) is 275 Å². The molecule has 0 heteroatoms. The van der Waals surface area contributed by atoms with E-state index >= 15 is 0 Å². The molecule has 0 aromatic rings. The monoisotopic (exact) mass is 889 g/mol. The highest BCUT2D eigenvalue weighted by Gasteiger charge is 2.57. The molecule has 0 saturated heterocycles. The van der Waals surface area contributed by atoms with Gasteiger partial charge >= 0.3 is 0 Å². The highest BCUT2D eigenvalue weighted by atomic mass is 14.6. The van der Waals surface area contributed by atoms with Gasteiger partial charge in [-0.1, -0.05) is 173 Å². The van der Waals surface area contributed by atoms with E-state index in [0.717, 1.165) is 88.3 Å². The Labute approximate surface area is 405 Å². The Kier molecular flexibility index (Phi) is 16.3. The summed E-state index contributed by atoms with van der Waals surface area (Å²) in [6, 6.07) is 0. The molecule has 9 fully saturated rings. The smallest absolute Gasteiger partial charge is 0.0286 e. The lowest BCUT2D eigenvalue weighted by Crippen LogP contribution is -2.53. The van der Waals surface area contributed by atoms with Gasteiger partial charge in [0.05, 0.1) is 0 Å². The second-order valence-corrected chi connectivity index (χ2v) is 34.4. The molecule has 9 rings (SSSR count). The molecule has 0 aliphatic heterocycles. The molecule has 0 aromatic heterocycles. The number of hydrogen-bond donors (Lipinski definition) is 0. The average Bonchev–Trinajstić information content (AvgIpc) is 3.35. The van der Waals surface area contributed by atoms with Crippen LogP contribution in [0, 0.1) is 132 Å². The summed E-state index contributed by atoms with van der Waals surface area (Å²) < 4.78 is 0. The van der Waals surface area contributed by atoms with Gasteiger partial charge in [0.2, 0.25) is 0 Å². The lowest BCUT2D eigenvalue weighted by Gasteiger charge is -2.63. The van der Waals surface area contributed by atoms with Crippen LogP contribution < -0.4 is 0 Å². The quantitative estimate of drug-likeness (QED) is 0.227. The van der Waals surface area contributed by atoms with E-state index in [-0.39, 0.29) is 0 Å². The summed E-state index contributed by atoms with van der Waals surface area (Å²) in [6.07, 6.45) is 25.7. The predicted octanol–water partition coefficient (Wildman–Crippen LogP) is 20.7. The molecule has 0 heterocycles. The summed E-state index contributed by atoms with van der Waals surface area (Å²) in [5, 5.41) is 0. The minimum absolute atomic E-state index is 0.523. The summed E-state index contributed by atoms with van der Waals surface area (Å²) in [7, 11) is 0. The summed E-state index contributed by atoms with van der Waals surface area (Å²) in [4.78, 5) is 0. The van der Waals surface area contributed by atoms with Gasteiger partial charge in [0, 0.05) is 0 Å². The van der Waals surface area contributed by atoms with Gasteiger partial charge in [-0.25, -0.2) is 0 Å². The maximum Gasteiger partial charge on any atom is -0.0286 e. The van der Waals surface area contributed by atoms with E-state index in [1.165, 1.54) is 109 Å². The van der Waals surface area contributed by atoms with E-state index in [9.17, 15) is 0 Å². The second kappa shape index (κ2) is 19.0. The van der Waals surface area contributed by atoms with Gasteiger partial charge in [0.1, 0.15) is 0 Å². The zero-order chi connectivity index (χ0) is 48.6. The first-order valence-corrected chi connectivity index (χ1v) is 28.7. The van der Waals surface area contributed by atoms with Crippen LogP contribution in [0.3, 0.4) is 0 Å². The number of hydrogen-bond acceptors (Lipinski definition) is 0. The zero-order valence-corrected chi connectivity index (χ0v) is 48.6. The lowest BCUT2D eigenvalue weighted by molar-refractivity contribution is -0.129. The Morgan fingerprint density at radius 3 is 0.891 bits per heavy atom. The molecule has 10 unspecified atom stereocenters. The fraction of sp³-hybridized carbons (Fsp3) is 1.00. The first-order valence-electron chi connectivity index (χ1n) is 28.7. The first kappa shape index (κ1) is 54.9. The maximum atomic E-state index is 2.46. The zero-order valence-electron chi connectivity index (χ0n) is 48.6. The Hall–Kier alpha value is 0. The van der Waals surface area contributed by atoms with E-state index in [2.05, 4.69) is 166 Å². The van der Waals surface area contributed by atoms with Gasteiger partial charge in [-0.2, -0.15) is 0 Å². The first-order chi connectivity index (χ1) is 28.7. The van der Waals surface area contributed by atoms with Crippen LogP contribution in [-0.2, 0) is 0 Å². The van der Waals surface area contributed by atoms with Gasteiger partial charge in [0.15, 0.2) is 0 Å². The number of fused-ring (bicyclic) bond motifs is 7. The topological polar surface area (TPSA) is 0 Å². The molecule has 0 amide bonds. The van der Waals surface area contributed by atoms with Crippen LogP contribution >= 0.6 is 0 Å². The van der Waals surface area contributed by atoms with Crippen molar-refractivity contribution in [3.8, 4) is 0 Å². The second-order valence-electron chi connectivity index (χ2n) is 34.4. The summed E-state index contributed by atoms with van der Waals surface area (Å²) in [5.74, 6) is 14.1. The molecule has 9 aliphatic carbocycles. The van der Waals surface area contributed by atoms with E-state index < -0.39 is 0 Å². The average molecular weight is 890 g/mol. The van der Waals surface area contributed by atoms with Gasteiger partial charge in [-0.3, -0.25) is 0 Å². The van der Waals surface area contributed by atoms with Gasteiger partial charge in [0.25, 0.3) is 0 Å². The Morgan fingerprint density at radius 1 is 0.250 bits per heavy atom. The van der Waals surface area contributed by atoms with Gasteiger partial charge in [-0.15, -0.1) is 0 Å². The van der Waals surface area contributed by atoms with Crippen molar-refractivity contribution in [2.45, 2.75) is 275 Å². The highest BCUT2D eigenvalue weighted by molar-refractivity contribution is 5.07. The van der Waals surface area contributed by atoms with E-state index in [4.69, 9.17) is 0 Å². The van der Waals surface area contributed by atoms with Crippen molar-refractivity contribution in [3.63, 3.8) is 0 Å². The largest absolute Gasteiger partial charge is 0.0599 e. The van der Waals surface area contributed by atoms with Crippen molar-refractivity contribution in [2.24, 2.45) is 132 Å². The SMILES string of the molecule is CC(C)(C)C1CC2(C1)CC(C(C)(C)C)C2.CC(C)(C)C1CC2CCC(C(C)(C)C)C(C2)C1.CC(C)(C)C1CC2CCC(C1)C2C(C)(C)C.CC(C)(C)C1CC2CCC1CC2C(C)(C)C. The van der Waals surface area contributed by atoms with Crippen LogP contribution in [0.25, 0.3) is 0 Å². The Morgan fingerprint density at radius 2 is 0.578 bits per heavy atom. The van der Waals surface area contributed by atoms with Crippen LogP contribution in [0.5, 0.6) is 0 Å². The summed E-state index contributed by atoms with van der Waals surface area (Å²) >= 11 is 0. The molecular formula is C64H120. The van der Waals surface area contributed by atoms with E-state index in [1.807, 2.05) is 0 Å². The van der Waals surface area contributed by atoms with Crippen molar-refractivity contribution in [3.05, 3.63) is 0 Å². The van der Waals surface area contributed by atoms with Crippen LogP contribution in [0.2, 0.25) is 0 Å². The van der Waals surface area contributed by atoms with Crippen LogP contribution in [0.4, 0.5) is 0 Å². The minimum atomic E-state index is 0.523. The molecule has 9 saturated carbocycles. The Balaban J connectivity index is 0.000000161. The molecule has 376 valence electrons. The van der Waals surface area contributed by atoms with Crippen molar-refractivity contribution in [1.82, 2.24) is 0 Å². The third-order valence-electron chi connectivity index (χ3n) is 21.5. The van der Waals surface area contributed by atoms with Gasteiger partial charge in [-0.05, 0) is 234 Å². The Bertz CT molecular complexity index is 1370. The molecule has 10 atom stereocenters. The standard InChI is InChI=1S/C17H32.2C16H30.C15H28/c1-16(2,3)14-10-12-7-8-15(17(4,5)6)13(9-12)11-14;1-15(2,3)13-9-12-8-7-11(13)10-14(12)16(4,5)6;1-15(2,3)13-9-11-7-8-12(10-13)14(11)16(4,5)6;1-13(2,3)11-7-15(8-11)9-12(10-15)14(4,5)6/h12-15H,7-11H2,1-6H3;2*11-14H,7-10H2,1-6H3;11-12H,7-10H2,1-6H3. The van der Waals surface area contributed by atoms with Crippen molar-refractivity contribution >= 4 is 0 Å². The molecule has 0 aromatic carbocycles. The molecule has 6 bridgehead atoms. The molecule has 1 spiro atoms. The third-order valence-corrected chi connectivity index (χ3v) is 21.5. The molecule has 0 N–H and O–H groups in total. The molecule has 9 aliphatic rings. The van der Waals surface area contributed by atoms with Crippen molar-refractivity contribution in [2.75, 3.05) is 0 Å². The molecule has 0 radical (unpaired) electrons. The minimum Gasteiger partial charge on any atom is -0.0599 e. The van der Waals surface area contributed by atoms with Crippen molar-refractivity contribution < 1.29 is 0 Å². The summed E-state index contributed by atoms with van der Waals surface area (Å²) in [6.45, 7) is 58.5. The molecule has 0 nitrogen and oxygen atoms in total. The fourth-order valence-electron chi connectivity index (χ4n) is 17.3. The third kappa shape index (κ3) is 13.4. The van der Waals surface area contributed by atoms with Crippen molar-refractivity contribution in [1.29, 1.82) is 0 Å². The van der Waals surface area contributed by atoms with Crippen LogP contribution in [0.15, 0.2) is 0 Å². The lowest BCUT2D eigenvalue weighted by atomic mass is 9.42. The fourth-order valence-corrected chi connectivity index (χ4v) is 17.3. The maximum absolute atomic E-state index is 2.46. The van der Waals surface area contributed by atoms with E-state index in [0.29, 0.717) is 43.3 Å². The highest BCUT2D eigenvalue weighted by Crippen LogP contribution is 2.67. The summed E-state index contributed by atoms with van der Waals surface area (Å²) in [5.41, 5.74) is 5.09. The van der Waals surface area contributed by atoms with E-state index in [1.54, 1.807) is 0 Å². The number of rotatable bonds is 0. The van der Waals surface area contributed by atoms with Crippen LogP contribution in [-0.4, -0.2) is 0 Å². The molecular weight excluding hydrogens is 769 g/mol. The molecule has 64 heavy (non-hydrogen) atoms. The van der Waals surface area contributed by atoms with Gasteiger partial charge < -0.3 is 0 Å². The normalized spacial score (nSPS) is 40.1. The predicted molar refractivity (Wildman–Crippen MR) is 285 cm³/mol.